The topological polar surface area (TPSA) is 35.5 Å². The third-order valence-corrected chi connectivity index (χ3v) is 4.81. The van der Waals surface area contributed by atoms with Gasteiger partial charge in [-0.2, -0.15) is 0 Å². The minimum absolute atomic E-state index is 0.0541. The van der Waals surface area contributed by atoms with Gasteiger partial charge in [0.15, 0.2) is 0 Å². The van der Waals surface area contributed by atoms with Gasteiger partial charge in [-0.3, -0.25) is 0 Å². The maximum absolute atomic E-state index is 11.9. The molecule has 0 rings (SSSR count). The molecular weight excluding hydrogens is 240 g/mol. The number of hydrogen-bond acceptors (Lipinski definition) is 3. The Morgan fingerprint density at radius 1 is 0.842 bits per heavy atom. The predicted molar refractivity (Wildman–Crippen MR) is 79.3 cm³/mol. The lowest BCUT2D eigenvalue weighted by Gasteiger charge is -2.50. The molecule has 0 atom stereocenters. The third-order valence-electron chi connectivity index (χ3n) is 4.81. The molecule has 0 aromatic rings. The van der Waals surface area contributed by atoms with E-state index in [-0.39, 0.29) is 10.8 Å². The molecule has 0 aliphatic rings. The Balaban J connectivity index is 5.03. The van der Waals surface area contributed by atoms with Crippen LogP contribution in [0.25, 0.3) is 0 Å². The summed E-state index contributed by atoms with van der Waals surface area (Å²) in [6.07, 6.45) is 0.415. The van der Waals surface area contributed by atoms with Crippen molar-refractivity contribution >= 4 is 6.16 Å². The summed E-state index contributed by atoms with van der Waals surface area (Å²) in [6.45, 7) is 20.3. The lowest BCUT2D eigenvalue weighted by Crippen LogP contribution is -2.51. The standard InChI is InChI=1S/C16H32O3/c1-11-14(5,6)15(7,8)16(9,10)19-12(17)18-13(2,3)4/h11H2,1-10H3. The molecule has 3 heteroatoms. The molecule has 0 fully saturated rings. The van der Waals surface area contributed by atoms with Crippen LogP contribution in [-0.2, 0) is 9.47 Å². The minimum atomic E-state index is -0.602. The Morgan fingerprint density at radius 3 is 1.58 bits per heavy atom. The van der Waals surface area contributed by atoms with Crippen LogP contribution in [0.1, 0.15) is 75.7 Å². The molecule has 0 aliphatic heterocycles. The number of carbonyl (C=O) groups is 1. The first-order valence-corrected chi connectivity index (χ1v) is 7.08. The van der Waals surface area contributed by atoms with Gasteiger partial charge < -0.3 is 9.47 Å². The van der Waals surface area contributed by atoms with Gasteiger partial charge in [0.25, 0.3) is 0 Å². The van der Waals surface area contributed by atoms with E-state index in [1.54, 1.807) is 0 Å². The van der Waals surface area contributed by atoms with Crippen molar-refractivity contribution in [1.29, 1.82) is 0 Å². The molecule has 0 aromatic carbocycles. The van der Waals surface area contributed by atoms with Gasteiger partial charge in [-0.15, -0.1) is 0 Å². The Kier molecular flexibility index (Phi) is 5.13. The smallest absolute Gasteiger partial charge is 0.429 e. The van der Waals surface area contributed by atoms with Gasteiger partial charge in [0.1, 0.15) is 11.2 Å². The van der Waals surface area contributed by atoms with Crippen LogP contribution in [0.2, 0.25) is 0 Å². The number of carbonyl (C=O) groups excluding carboxylic acids is 1. The molecule has 0 aliphatic carbocycles. The monoisotopic (exact) mass is 272 g/mol. The van der Waals surface area contributed by atoms with Crippen LogP contribution < -0.4 is 0 Å². The largest absolute Gasteiger partial charge is 0.509 e. The summed E-state index contributed by atoms with van der Waals surface area (Å²) < 4.78 is 10.9. The zero-order valence-corrected chi connectivity index (χ0v) is 14.4. The van der Waals surface area contributed by atoms with Gasteiger partial charge in [0.2, 0.25) is 0 Å². The van der Waals surface area contributed by atoms with E-state index in [0.717, 1.165) is 6.42 Å². The molecule has 0 aromatic heterocycles. The van der Waals surface area contributed by atoms with Crippen LogP contribution in [0.15, 0.2) is 0 Å². The fraction of sp³-hybridized carbons (Fsp3) is 0.938. The zero-order chi connectivity index (χ0) is 15.7. The molecule has 19 heavy (non-hydrogen) atoms. The fourth-order valence-corrected chi connectivity index (χ4v) is 1.86. The molecule has 0 bridgehead atoms. The second kappa shape index (κ2) is 5.34. The summed E-state index contributed by atoms with van der Waals surface area (Å²) >= 11 is 0. The summed E-state index contributed by atoms with van der Waals surface area (Å²) in [5, 5.41) is 0. The van der Waals surface area contributed by atoms with Gasteiger partial charge >= 0.3 is 6.16 Å². The number of ether oxygens (including phenoxy) is 2. The summed E-state index contributed by atoms with van der Waals surface area (Å²) in [7, 11) is 0. The molecular formula is C16H32O3. The van der Waals surface area contributed by atoms with E-state index < -0.39 is 17.4 Å². The molecule has 0 unspecified atom stereocenters. The molecule has 3 nitrogen and oxygen atoms in total. The summed E-state index contributed by atoms with van der Waals surface area (Å²) in [4.78, 5) is 11.9. The molecule has 0 N–H and O–H groups in total. The van der Waals surface area contributed by atoms with E-state index in [4.69, 9.17) is 9.47 Å². The van der Waals surface area contributed by atoms with Crippen molar-refractivity contribution in [1.82, 2.24) is 0 Å². The Hall–Kier alpha value is -0.730. The van der Waals surface area contributed by atoms with Crippen molar-refractivity contribution in [2.75, 3.05) is 0 Å². The molecule has 0 saturated heterocycles. The van der Waals surface area contributed by atoms with Gasteiger partial charge in [0, 0.05) is 5.41 Å². The molecule has 0 amide bonds. The Labute approximate surface area is 119 Å². The molecule has 114 valence electrons. The number of hydrogen-bond donors (Lipinski definition) is 0. The van der Waals surface area contributed by atoms with Crippen molar-refractivity contribution < 1.29 is 14.3 Å². The maximum Gasteiger partial charge on any atom is 0.509 e. The summed E-state index contributed by atoms with van der Waals surface area (Å²) in [5.41, 5.74) is -1.25. The zero-order valence-electron chi connectivity index (χ0n) is 14.4. The van der Waals surface area contributed by atoms with E-state index in [2.05, 4.69) is 34.6 Å². The molecule has 0 spiro atoms. The Morgan fingerprint density at radius 2 is 1.26 bits per heavy atom. The highest BCUT2D eigenvalue weighted by atomic mass is 16.7. The summed E-state index contributed by atoms with van der Waals surface area (Å²) in [5.74, 6) is 0. The normalized spacial score (nSPS) is 14.2. The van der Waals surface area contributed by atoms with Crippen LogP contribution >= 0.6 is 0 Å². The van der Waals surface area contributed by atoms with Gasteiger partial charge in [0.05, 0.1) is 0 Å². The highest BCUT2D eigenvalue weighted by Crippen LogP contribution is 2.50. The van der Waals surface area contributed by atoms with Crippen LogP contribution in [-0.4, -0.2) is 17.4 Å². The second-order valence-corrected chi connectivity index (χ2v) is 7.94. The predicted octanol–water partition coefficient (Wildman–Crippen LogP) is 5.18. The van der Waals surface area contributed by atoms with Gasteiger partial charge in [-0.05, 0) is 40.0 Å². The summed E-state index contributed by atoms with van der Waals surface area (Å²) in [6, 6.07) is 0. The first-order valence-electron chi connectivity index (χ1n) is 7.08. The van der Waals surface area contributed by atoms with E-state index in [1.807, 2.05) is 34.6 Å². The Bertz CT molecular complexity index is 319. The van der Waals surface area contributed by atoms with Crippen molar-refractivity contribution in [3.63, 3.8) is 0 Å². The second-order valence-electron chi connectivity index (χ2n) is 7.94. The lowest BCUT2D eigenvalue weighted by atomic mass is 9.59. The highest BCUT2D eigenvalue weighted by molar-refractivity contribution is 5.61. The van der Waals surface area contributed by atoms with Crippen molar-refractivity contribution in [3.05, 3.63) is 0 Å². The highest BCUT2D eigenvalue weighted by Gasteiger charge is 2.50. The third kappa shape index (κ3) is 4.39. The first kappa shape index (κ1) is 18.3. The average molecular weight is 272 g/mol. The first-order chi connectivity index (χ1) is 8.16. The quantitative estimate of drug-likeness (QED) is 0.661. The maximum atomic E-state index is 11.9. The van der Waals surface area contributed by atoms with Crippen LogP contribution in [0.3, 0.4) is 0 Å². The van der Waals surface area contributed by atoms with Crippen LogP contribution in [0.4, 0.5) is 4.79 Å². The van der Waals surface area contributed by atoms with Crippen molar-refractivity contribution in [3.8, 4) is 0 Å². The van der Waals surface area contributed by atoms with Crippen molar-refractivity contribution in [2.45, 2.75) is 86.9 Å². The van der Waals surface area contributed by atoms with Crippen LogP contribution in [0, 0.1) is 10.8 Å². The van der Waals surface area contributed by atoms with E-state index in [0.29, 0.717) is 0 Å². The lowest BCUT2D eigenvalue weighted by molar-refractivity contribution is -0.135. The minimum Gasteiger partial charge on any atom is -0.429 e. The van der Waals surface area contributed by atoms with E-state index in [9.17, 15) is 4.79 Å². The number of rotatable bonds is 4. The molecule has 0 heterocycles. The van der Waals surface area contributed by atoms with Gasteiger partial charge in [-0.25, -0.2) is 4.79 Å². The molecule has 0 radical (unpaired) electrons. The molecule has 0 saturated carbocycles. The van der Waals surface area contributed by atoms with E-state index >= 15 is 0 Å². The van der Waals surface area contributed by atoms with Crippen molar-refractivity contribution in [2.24, 2.45) is 10.8 Å². The fourth-order valence-electron chi connectivity index (χ4n) is 1.86. The average Bonchev–Trinajstić information content (AvgIpc) is 2.12. The van der Waals surface area contributed by atoms with Gasteiger partial charge in [-0.1, -0.05) is 41.0 Å². The SMILES string of the molecule is CCC(C)(C)C(C)(C)C(C)(C)OC(=O)OC(C)(C)C. The van der Waals surface area contributed by atoms with Crippen LogP contribution in [0.5, 0.6) is 0 Å². The van der Waals surface area contributed by atoms with E-state index in [1.165, 1.54) is 0 Å².